The van der Waals surface area contributed by atoms with Crippen molar-refractivity contribution >= 4 is 11.9 Å². The van der Waals surface area contributed by atoms with E-state index in [1.807, 2.05) is 39.8 Å². The summed E-state index contributed by atoms with van der Waals surface area (Å²) in [5.74, 6) is -0.871. The van der Waals surface area contributed by atoms with Gasteiger partial charge >= 0.3 is 11.9 Å². The van der Waals surface area contributed by atoms with E-state index >= 15 is 0 Å². The third kappa shape index (κ3) is 6.42. The minimum absolute atomic E-state index is 0.0346. The molecule has 0 amide bonds. The SMILES string of the molecule is CCC(C)C(=O)O[C@H]1C[C@@H](C)C=C2C=C[C@H](C)[C@H](OC(=O)C[C@H](O)C[C@H](O)CC)[C@H]21. The predicted molar refractivity (Wildman–Crippen MR) is 114 cm³/mol. The predicted octanol–water partition coefficient (Wildman–Crippen LogP) is 3.56. The van der Waals surface area contributed by atoms with Crippen molar-refractivity contribution in [3.8, 4) is 0 Å². The first-order chi connectivity index (χ1) is 14.2. The molecule has 0 saturated heterocycles. The smallest absolute Gasteiger partial charge is 0.308 e. The van der Waals surface area contributed by atoms with E-state index in [9.17, 15) is 19.8 Å². The second kappa shape index (κ2) is 11.1. The fourth-order valence-corrected chi connectivity index (χ4v) is 4.19. The summed E-state index contributed by atoms with van der Waals surface area (Å²) in [6.45, 7) is 9.71. The highest BCUT2D eigenvalue weighted by atomic mass is 16.6. The zero-order valence-electron chi connectivity index (χ0n) is 18.9. The van der Waals surface area contributed by atoms with Gasteiger partial charge in [-0.1, -0.05) is 52.8 Å². The van der Waals surface area contributed by atoms with Gasteiger partial charge in [-0.3, -0.25) is 9.59 Å². The van der Waals surface area contributed by atoms with Crippen LogP contribution in [0.3, 0.4) is 0 Å². The fourth-order valence-electron chi connectivity index (χ4n) is 4.19. The van der Waals surface area contributed by atoms with Crippen molar-refractivity contribution in [2.45, 2.75) is 91.1 Å². The van der Waals surface area contributed by atoms with Crippen molar-refractivity contribution in [2.24, 2.45) is 23.7 Å². The van der Waals surface area contributed by atoms with Crippen LogP contribution in [-0.4, -0.2) is 46.6 Å². The van der Waals surface area contributed by atoms with Gasteiger partial charge in [-0.25, -0.2) is 0 Å². The van der Waals surface area contributed by atoms with E-state index in [0.29, 0.717) is 19.3 Å². The molecule has 6 nitrogen and oxygen atoms in total. The Morgan fingerprint density at radius 2 is 1.83 bits per heavy atom. The molecule has 0 aromatic rings. The Balaban J connectivity index is 2.14. The van der Waals surface area contributed by atoms with E-state index in [4.69, 9.17) is 9.47 Å². The van der Waals surface area contributed by atoms with Gasteiger partial charge in [0.15, 0.2) is 0 Å². The van der Waals surface area contributed by atoms with Crippen LogP contribution in [0.15, 0.2) is 23.8 Å². The molecule has 8 atom stereocenters. The Morgan fingerprint density at radius 1 is 1.13 bits per heavy atom. The van der Waals surface area contributed by atoms with Crippen molar-refractivity contribution in [2.75, 3.05) is 0 Å². The number of esters is 2. The standard InChI is InChI=1S/C24H38O6/c1-6-15(4)24(28)29-20-11-14(3)10-17-9-8-16(5)23(22(17)20)30-21(27)13-19(26)12-18(25)7-2/h8-10,14-16,18-20,22-23,25-26H,6-7,11-13H2,1-5H3/t14-,15?,16-,18+,19+,20-,22+,23-/m0/s1. The molecule has 1 unspecified atom stereocenters. The van der Waals surface area contributed by atoms with E-state index in [1.54, 1.807) is 0 Å². The molecule has 2 N–H and O–H groups in total. The normalized spacial score (nSPS) is 31.2. The summed E-state index contributed by atoms with van der Waals surface area (Å²) in [5.41, 5.74) is 1.04. The molecule has 2 aliphatic carbocycles. The Bertz CT molecular complexity index is 654. The van der Waals surface area contributed by atoms with E-state index in [2.05, 4.69) is 13.0 Å². The van der Waals surface area contributed by atoms with E-state index in [0.717, 1.165) is 5.57 Å². The van der Waals surface area contributed by atoms with Gasteiger partial charge in [-0.15, -0.1) is 0 Å². The highest BCUT2D eigenvalue weighted by molar-refractivity contribution is 5.72. The monoisotopic (exact) mass is 422 g/mol. The number of carbonyl (C=O) groups excluding carboxylic acids is 2. The highest BCUT2D eigenvalue weighted by Crippen LogP contribution is 2.41. The quantitative estimate of drug-likeness (QED) is 0.552. The molecule has 0 heterocycles. The topological polar surface area (TPSA) is 93.1 Å². The van der Waals surface area contributed by atoms with Crippen LogP contribution in [0.2, 0.25) is 0 Å². The van der Waals surface area contributed by atoms with E-state index in [1.165, 1.54) is 0 Å². The van der Waals surface area contributed by atoms with Crippen molar-refractivity contribution in [3.63, 3.8) is 0 Å². The number of fused-ring (bicyclic) bond motifs is 1. The summed E-state index contributed by atoms with van der Waals surface area (Å²) in [4.78, 5) is 25.0. The van der Waals surface area contributed by atoms with Crippen molar-refractivity contribution in [1.82, 2.24) is 0 Å². The first-order valence-corrected chi connectivity index (χ1v) is 11.3. The maximum Gasteiger partial charge on any atom is 0.308 e. The summed E-state index contributed by atoms with van der Waals surface area (Å²) >= 11 is 0. The molecule has 6 heteroatoms. The summed E-state index contributed by atoms with van der Waals surface area (Å²) in [7, 11) is 0. The van der Waals surface area contributed by atoms with Crippen LogP contribution in [-0.2, 0) is 19.1 Å². The maximum atomic E-state index is 12.5. The van der Waals surface area contributed by atoms with Gasteiger partial charge in [0.25, 0.3) is 0 Å². The van der Waals surface area contributed by atoms with Crippen LogP contribution in [0.4, 0.5) is 0 Å². The molecule has 0 bridgehead atoms. The summed E-state index contributed by atoms with van der Waals surface area (Å²) in [6, 6.07) is 0. The number of carbonyl (C=O) groups is 2. The van der Waals surface area contributed by atoms with Crippen LogP contribution in [0.1, 0.15) is 66.7 Å². The number of aliphatic hydroxyl groups excluding tert-OH is 2. The molecule has 0 aromatic heterocycles. The largest absolute Gasteiger partial charge is 0.461 e. The molecule has 0 spiro atoms. The summed E-state index contributed by atoms with van der Waals surface area (Å²) in [6.07, 6.45) is 5.75. The zero-order valence-corrected chi connectivity index (χ0v) is 18.9. The van der Waals surface area contributed by atoms with E-state index < -0.39 is 24.3 Å². The number of hydrogen-bond donors (Lipinski definition) is 2. The number of ether oxygens (including phenoxy) is 2. The lowest BCUT2D eigenvalue weighted by Crippen LogP contribution is -2.46. The van der Waals surface area contributed by atoms with Crippen LogP contribution in [0, 0.1) is 23.7 Å². The molecule has 0 saturated carbocycles. The van der Waals surface area contributed by atoms with Crippen molar-refractivity contribution in [1.29, 1.82) is 0 Å². The van der Waals surface area contributed by atoms with Gasteiger partial charge in [0.05, 0.1) is 30.5 Å². The highest BCUT2D eigenvalue weighted by Gasteiger charge is 2.44. The Hall–Kier alpha value is -1.66. The molecule has 2 aliphatic rings. The second-order valence-corrected chi connectivity index (χ2v) is 9.02. The zero-order chi connectivity index (χ0) is 22.4. The molecule has 170 valence electrons. The first-order valence-electron chi connectivity index (χ1n) is 11.3. The molecule has 2 rings (SSSR count). The third-order valence-corrected chi connectivity index (χ3v) is 6.30. The number of aliphatic hydroxyl groups is 2. The molecular formula is C24H38O6. The third-order valence-electron chi connectivity index (χ3n) is 6.30. The minimum atomic E-state index is -0.942. The molecule has 0 radical (unpaired) electrons. The number of hydrogen-bond acceptors (Lipinski definition) is 6. The Morgan fingerprint density at radius 3 is 2.47 bits per heavy atom. The Labute approximate surface area is 180 Å². The van der Waals surface area contributed by atoms with Gasteiger partial charge < -0.3 is 19.7 Å². The van der Waals surface area contributed by atoms with Gasteiger partial charge in [0.2, 0.25) is 0 Å². The lowest BCUT2D eigenvalue weighted by Gasteiger charge is -2.42. The van der Waals surface area contributed by atoms with Gasteiger partial charge in [-0.2, -0.15) is 0 Å². The van der Waals surface area contributed by atoms with Crippen LogP contribution >= 0.6 is 0 Å². The maximum absolute atomic E-state index is 12.5. The van der Waals surface area contributed by atoms with Gasteiger partial charge in [0, 0.05) is 5.92 Å². The molecule has 30 heavy (non-hydrogen) atoms. The lowest BCUT2D eigenvalue weighted by molar-refractivity contribution is -0.167. The Kier molecular flexibility index (Phi) is 9.10. The molecule has 0 fully saturated rings. The number of rotatable bonds is 9. The van der Waals surface area contributed by atoms with Gasteiger partial charge in [-0.05, 0) is 37.2 Å². The fraction of sp³-hybridized carbons (Fsp3) is 0.750. The van der Waals surface area contributed by atoms with Crippen molar-refractivity contribution in [3.05, 3.63) is 23.8 Å². The van der Waals surface area contributed by atoms with Crippen molar-refractivity contribution < 1.29 is 29.3 Å². The van der Waals surface area contributed by atoms with Gasteiger partial charge in [0.1, 0.15) is 12.2 Å². The molecule has 0 aliphatic heterocycles. The lowest BCUT2D eigenvalue weighted by atomic mass is 9.71. The summed E-state index contributed by atoms with van der Waals surface area (Å²) in [5, 5.41) is 19.8. The van der Waals surface area contributed by atoms with Crippen LogP contribution < -0.4 is 0 Å². The molecule has 0 aromatic carbocycles. The van der Waals surface area contributed by atoms with Crippen LogP contribution in [0.5, 0.6) is 0 Å². The average molecular weight is 423 g/mol. The van der Waals surface area contributed by atoms with E-state index in [-0.39, 0.29) is 48.6 Å². The number of allylic oxidation sites excluding steroid dienone is 2. The average Bonchev–Trinajstić information content (AvgIpc) is 2.68. The minimum Gasteiger partial charge on any atom is -0.461 e. The van der Waals surface area contributed by atoms with Crippen LogP contribution in [0.25, 0.3) is 0 Å². The second-order valence-electron chi connectivity index (χ2n) is 9.02. The first kappa shape index (κ1) is 24.6. The molecular weight excluding hydrogens is 384 g/mol. The summed E-state index contributed by atoms with van der Waals surface area (Å²) < 4.78 is 11.7.